The number of hydrogen-bond donors (Lipinski definition) is 2. The van der Waals surface area contributed by atoms with E-state index in [4.69, 9.17) is 0 Å². The number of fused-ring (bicyclic) bond motifs is 1. The highest BCUT2D eigenvalue weighted by Crippen LogP contribution is 2.28. The molecule has 120 valence electrons. The van der Waals surface area contributed by atoms with Crippen LogP contribution in [0.25, 0.3) is 0 Å². The summed E-state index contributed by atoms with van der Waals surface area (Å²) in [7, 11) is -2.97. The minimum Gasteiger partial charge on any atom is -0.334 e. The van der Waals surface area contributed by atoms with Crippen molar-refractivity contribution in [1.29, 1.82) is 0 Å². The van der Waals surface area contributed by atoms with E-state index in [1.807, 2.05) is 12.1 Å². The number of nitrogens with one attached hydrogen (secondary N) is 2. The van der Waals surface area contributed by atoms with Gasteiger partial charge in [-0.15, -0.1) is 0 Å². The van der Waals surface area contributed by atoms with Crippen molar-refractivity contribution < 1.29 is 13.2 Å². The van der Waals surface area contributed by atoms with Crippen LogP contribution in [-0.2, 0) is 16.3 Å². The van der Waals surface area contributed by atoms with Crippen LogP contribution in [0, 0.1) is 0 Å². The Morgan fingerprint density at radius 2 is 1.91 bits per heavy atom. The van der Waals surface area contributed by atoms with Crippen LogP contribution in [0.2, 0.25) is 0 Å². The lowest BCUT2D eigenvalue weighted by atomic mass is 9.99. The molecule has 0 aromatic heterocycles. The van der Waals surface area contributed by atoms with Gasteiger partial charge in [-0.2, -0.15) is 0 Å². The van der Waals surface area contributed by atoms with Gasteiger partial charge in [0.1, 0.15) is 0 Å². The molecule has 1 fully saturated rings. The van der Waals surface area contributed by atoms with Crippen LogP contribution >= 0.6 is 0 Å². The molecule has 0 spiro atoms. The number of carbonyl (C=O) groups excluding carboxylic acids is 1. The Kier molecular flexibility index (Phi) is 4.38. The van der Waals surface area contributed by atoms with Crippen molar-refractivity contribution in [1.82, 2.24) is 10.6 Å². The molecule has 6 heteroatoms. The van der Waals surface area contributed by atoms with Gasteiger partial charge in [-0.3, -0.25) is 0 Å². The maximum atomic E-state index is 12.2. The van der Waals surface area contributed by atoms with E-state index >= 15 is 0 Å². The molecule has 1 heterocycles. The molecular formula is C16H22N2O3S. The van der Waals surface area contributed by atoms with E-state index in [0.29, 0.717) is 6.42 Å². The first-order valence-electron chi connectivity index (χ1n) is 7.89. The number of benzene rings is 1. The molecule has 2 aliphatic rings. The average Bonchev–Trinajstić information content (AvgIpc) is 2.69. The van der Waals surface area contributed by atoms with E-state index in [1.165, 1.54) is 11.1 Å². The van der Waals surface area contributed by atoms with Crippen LogP contribution in [0.15, 0.2) is 24.3 Å². The van der Waals surface area contributed by atoms with Crippen molar-refractivity contribution in [2.45, 2.75) is 44.2 Å². The van der Waals surface area contributed by atoms with Crippen LogP contribution in [0.5, 0.6) is 0 Å². The summed E-state index contributed by atoms with van der Waals surface area (Å²) in [5.74, 6) is 0.228. The molecule has 3 rings (SSSR count). The molecule has 1 aromatic rings. The molecule has 0 saturated carbocycles. The minimum atomic E-state index is -2.97. The second-order valence-electron chi connectivity index (χ2n) is 6.21. The summed E-state index contributed by atoms with van der Waals surface area (Å²) < 4.78 is 22.9. The highest BCUT2D eigenvalue weighted by Gasteiger charge is 2.29. The van der Waals surface area contributed by atoms with Gasteiger partial charge < -0.3 is 10.6 Å². The van der Waals surface area contributed by atoms with Gasteiger partial charge in [-0.25, -0.2) is 13.2 Å². The molecule has 1 saturated heterocycles. The highest BCUT2D eigenvalue weighted by molar-refractivity contribution is 7.91. The van der Waals surface area contributed by atoms with Crippen molar-refractivity contribution in [3.63, 3.8) is 0 Å². The Morgan fingerprint density at radius 3 is 2.68 bits per heavy atom. The standard InChI is InChI=1S/C16H22N2O3S/c19-16(17-13-9-10-22(20,21)11-13)18-15-8-4-2-6-12-5-1-3-7-14(12)15/h1,3,5,7,13,15H,2,4,6,8-11H2,(H2,17,18,19)/t13-,15+/m0/s1. The monoisotopic (exact) mass is 322 g/mol. The van der Waals surface area contributed by atoms with Crippen LogP contribution in [0.4, 0.5) is 4.79 Å². The van der Waals surface area contributed by atoms with Gasteiger partial charge in [0.25, 0.3) is 0 Å². The lowest BCUT2D eigenvalue weighted by Gasteiger charge is -2.21. The predicted molar refractivity (Wildman–Crippen MR) is 85.5 cm³/mol. The van der Waals surface area contributed by atoms with E-state index in [9.17, 15) is 13.2 Å². The minimum absolute atomic E-state index is 0.0108. The highest BCUT2D eigenvalue weighted by atomic mass is 32.2. The molecular weight excluding hydrogens is 300 g/mol. The van der Waals surface area contributed by atoms with Gasteiger partial charge >= 0.3 is 6.03 Å². The molecule has 22 heavy (non-hydrogen) atoms. The molecule has 5 nitrogen and oxygen atoms in total. The molecule has 0 unspecified atom stereocenters. The zero-order valence-electron chi connectivity index (χ0n) is 12.5. The fourth-order valence-electron chi connectivity index (χ4n) is 3.37. The second-order valence-corrected chi connectivity index (χ2v) is 8.44. The molecule has 1 aliphatic heterocycles. The SMILES string of the molecule is O=C(N[C@H]1CCS(=O)(=O)C1)N[C@@H]1CCCCc2ccccc21. The number of sulfone groups is 1. The Morgan fingerprint density at radius 1 is 1.09 bits per heavy atom. The summed E-state index contributed by atoms with van der Waals surface area (Å²) in [6, 6.07) is 7.72. The first kappa shape index (κ1) is 15.3. The lowest BCUT2D eigenvalue weighted by molar-refractivity contribution is 0.233. The number of hydrogen-bond acceptors (Lipinski definition) is 3. The van der Waals surface area contributed by atoms with Gasteiger partial charge in [0.2, 0.25) is 0 Å². The van der Waals surface area contributed by atoms with Gasteiger partial charge in [0, 0.05) is 6.04 Å². The van der Waals surface area contributed by atoms with E-state index in [0.717, 1.165) is 25.7 Å². The number of carbonyl (C=O) groups is 1. The van der Waals surface area contributed by atoms with Crippen LogP contribution in [-0.4, -0.2) is 32.0 Å². The fourth-order valence-corrected chi connectivity index (χ4v) is 5.04. The first-order valence-corrected chi connectivity index (χ1v) is 9.71. The summed E-state index contributed by atoms with van der Waals surface area (Å²) >= 11 is 0. The molecule has 0 radical (unpaired) electrons. The van der Waals surface area contributed by atoms with Crippen molar-refractivity contribution in [3.8, 4) is 0 Å². The lowest BCUT2D eigenvalue weighted by Crippen LogP contribution is -2.44. The topological polar surface area (TPSA) is 75.3 Å². The van der Waals surface area contributed by atoms with E-state index < -0.39 is 9.84 Å². The summed E-state index contributed by atoms with van der Waals surface area (Å²) in [5, 5.41) is 5.83. The summed E-state index contributed by atoms with van der Waals surface area (Å²) in [6.45, 7) is 0. The van der Waals surface area contributed by atoms with Crippen molar-refractivity contribution in [2.24, 2.45) is 0 Å². The quantitative estimate of drug-likeness (QED) is 0.817. The van der Waals surface area contributed by atoms with Gasteiger partial charge in [-0.1, -0.05) is 30.7 Å². The number of rotatable bonds is 2. The maximum absolute atomic E-state index is 12.2. The van der Waals surface area contributed by atoms with Crippen molar-refractivity contribution >= 4 is 15.9 Å². The Bertz CT molecular complexity index is 657. The molecule has 0 bridgehead atoms. The Hall–Kier alpha value is -1.56. The third-order valence-electron chi connectivity index (χ3n) is 4.49. The van der Waals surface area contributed by atoms with Gasteiger partial charge in [0.15, 0.2) is 9.84 Å². The largest absolute Gasteiger partial charge is 0.334 e. The van der Waals surface area contributed by atoms with Crippen LogP contribution < -0.4 is 10.6 Å². The first-order chi connectivity index (χ1) is 10.5. The average molecular weight is 322 g/mol. The number of amides is 2. The molecule has 1 aromatic carbocycles. The third kappa shape index (κ3) is 3.61. The summed E-state index contributed by atoms with van der Waals surface area (Å²) in [5.41, 5.74) is 2.49. The van der Waals surface area contributed by atoms with Crippen LogP contribution in [0.1, 0.15) is 42.9 Å². The number of urea groups is 1. The fraction of sp³-hybridized carbons (Fsp3) is 0.562. The van der Waals surface area contributed by atoms with Crippen molar-refractivity contribution in [3.05, 3.63) is 35.4 Å². The number of aryl methyl sites for hydroxylation is 1. The normalized spacial score (nSPS) is 26.7. The Balaban J connectivity index is 1.64. The molecule has 2 atom stereocenters. The smallest absolute Gasteiger partial charge is 0.315 e. The van der Waals surface area contributed by atoms with Crippen LogP contribution in [0.3, 0.4) is 0 Å². The zero-order chi connectivity index (χ0) is 15.6. The Labute approximate surface area is 131 Å². The second kappa shape index (κ2) is 6.28. The third-order valence-corrected chi connectivity index (χ3v) is 6.26. The molecule has 1 aliphatic carbocycles. The summed E-state index contributed by atoms with van der Waals surface area (Å²) in [4.78, 5) is 12.2. The van der Waals surface area contributed by atoms with Gasteiger partial charge in [0.05, 0.1) is 17.5 Å². The maximum Gasteiger partial charge on any atom is 0.315 e. The molecule has 2 amide bonds. The summed E-state index contributed by atoms with van der Waals surface area (Å²) in [6.07, 6.45) is 4.70. The molecule has 2 N–H and O–H groups in total. The van der Waals surface area contributed by atoms with Crippen molar-refractivity contribution in [2.75, 3.05) is 11.5 Å². The van der Waals surface area contributed by atoms with E-state index in [2.05, 4.69) is 22.8 Å². The predicted octanol–water partition coefficient (Wildman–Crippen LogP) is 1.94. The van der Waals surface area contributed by atoms with E-state index in [1.54, 1.807) is 0 Å². The van der Waals surface area contributed by atoms with Gasteiger partial charge in [-0.05, 0) is 36.8 Å². The van der Waals surface area contributed by atoms with E-state index in [-0.39, 0.29) is 29.6 Å². The zero-order valence-corrected chi connectivity index (χ0v) is 13.4.